The zero-order valence-corrected chi connectivity index (χ0v) is 36.3. The second-order valence-corrected chi connectivity index (χ2v) is 22.3. The van der Waals surface area contributed by atoms with Gasteiger partial charge in [0.25, 0.3) is 0 Å². The maximum absolute atomic E-state index is 13.7. The molecule has 302 valence electrons. The fraction of sp³-hybridized carbons (Fsp3) is 0.667. The lowest BCUT2D eigenvalue weighted by molar-refractivity contribution is -0.196. The highest BCUT2D eigenvalue weighted by molar-refractivity contribution is 6.69. The Labute approximate surface area is 325 Å². The molecule has 2 aliphatic heterocycles. The number of carbonyl (C=O) groups excluding carboxylic acids is 2. The maximum atomic E-state index is 13.7. The summed E-state index contributed by atoms with van der Waals surface area (Å²) in [6, 6.07) is 11.8. The monoisotopic (exact) mass is 770 g/mol. The number of carbonyl (C=O) groups is 2. The van der Waals surface area contributed by atoms with Crippen molar-refractivity contribution in [2.24, 2.45) is 0 Å². The van der Waals surface area contributed by atoms with E-state index in [1.54, 1.807) is 0 Å². The highest BCUT2D eigenvalue weighted by atomic mass is 28.4. The quantitative estimate of drug-likeness (QED) is 0.0988. The Morgan fingerprint density at radius 1 is 0.741 bits per heavy atom. The van der Waals surface area contributed by atoms with E-state index in [1.165, 1.54) is 0 Å². The van der Waals surface area contributed by atoms with Crippen LogP contribution < -0.4 is 9.47 Å². The molecule has 2 heterocycles. The van der Waals surface area contributed by atoms with Crippen LogP contribution in [0.4, 0.5) is 0 Å². The van der Waals surface area contributed by atoms with Crippen molar-refractivity contribution in [3.63, 3.8) is 0 Å². The van der Waals surface area contributed by atoms with Crippen molar-refractivity contribution < 1.29 is 42.4 Å². The third-order valence-corrected chi connectivity index (χ3v) is 10.4. The molecule has 12 heteroatoms. The Hall–Kier alpha value is -3.00. The molecule has 0 amide bonds. The minimum absolute atomic E-state index is 0.0134. The van der Waals surface area contributed by atoms with E-state index in [2.05, 4.69) is 31.5 Å². The number of hydrogen-bond acceptors (Lipinski definition) is 11. The predicted molar refractivity (Wildman–Crippen MR) is 212 cm³/mol. The summed E-state index contributed by atoms with van der Waals surface area (Å²) in [6.45, 7) is 29.1. The molecule has 4 unspecified atom stereocenters. The Kier molecular flexibility index (Phi) is 13.8. The molecule has 0 radical (unpaired) electrons. The van der Waals surface area contributed by atoms with Crippen LogP contribution in [-0.2, 0) is 46.2 Å². The zero-order chi connectivity index (χ0) is 40.3. The summed E-state index contributed by atoms with van der Waals surface area (Å²) >= 11 is 0. The fourth-order valence-corrected chi connectivity index (χ4v) is 7.35. The van der Waals surface area contributed by atoms with Gasteiger partial charge in [0, 0.05) is 68.1 Å². The van der Waals surface area contributed by atoms with Crippen molar-refractivity contribution in [3.8, 4) is 11.5 Å². The van der Waals surface area contributed by atoms with Crippen LogP contribution in [0.15, 0.2) is 36.4 Å². The van der Waals surface area contributed by atoms with Crippen LogP contribution in [0.25, 0.3) is 0 Å². The second kappa shape index (κ2) is 17.0. The molecular weight excluding hydrogens is 705 g/mol. The third kappa shape index (κ3) is 12.0. The van der Waals surface area contributed by atoms with E-state index < -0.39 is 37.3 Å². The van der Waals surface area contributed by atoms with Crippen molar-refractivity contribution in [1.29, 1.82) is 0 Å². The fourth-order valence-electron chi connectivity index (χ4n) is 6.40. The van der Waals surface area contributed by atoms with Gasteiger partial charge in [0.1, 0.15) is 28.9 Å². The molecule has 0 N–H and O–H groups in total. The molecule has 0 bridgehead atoms. The average Bonchev–Trinajstić information content (AvgIpc) is 3.05. The van der Waals surface area contributed by atoms with Crippen molar-refractivity contribution in [1.82, 2.24) is 9.80 Å². The van der Waals surface area contributed by atoms with E-state index in [9.17, 15) is 9.59 Å². The molecule has 0 saturated carbocycles. The van der Waals surface area contributed by atoms with E-state index in [4.69, 9.17) is 32.8 Å². The molecule has 4 atom stereocenters. The van der Waals surface area contributed by atoms with Gasteiger partial charge in [-0.2, -0.15) is 0 Å². The van der Waals surface area contributed by atoms with Gasteiger partial charge >= 0.3 is 11.9 Å². The van der Waals surface area contributed by atoms with Gasteiger partial charge in [-0.05, 0) is 68.1 Å². The van der Waals surface area contributed by atoms with Crippen LogP contribution in [0.2, 0.25) is 19.6 Å². The maximum Gasteiger partial charge on any atom is 0.320 e. The molecule has 0 fully saturated rings. The Balaban J connectivity index is 1.79. The van der Waals surface area contributed by atoms with Gasteiger partial charge in [-0.3, -0.25) is 19.4 Å². The molecule has 2 aromatic carbocycles. The third-order valence-electron chi connectivity index (χ3n) is 9.48. The molecule has 11 nitrogen and oxygen atoms in total. The van der Waals surface area contributed by atoms with Gasteiger partial charge in [-0.1, -0.05) is 50.2 Å². The molecule has 4 rings (SSSR count). The lowest BCUT2D eigenvalue weighted by Gasteiger charge is -2.41. The Morgan fingerprint density at radius 2 is 1.17 bits per heavy atom. The number of fused-ring (bicyclic) bond motifs is 2. The first-order valence-electron chi connectivity index (χ1n) is 19.4. The van der Waals surface area contributed by atoms with Crippen LogP contribution in [0, 0.1) is 0 Å². The number of nitrogens with zero attached hydrogens (tertiary/aromatic N) is 2. The summed E-state index contributed by atoms with van der Waals surface area (Å²) in [5.41, 5.74) is 2.28. The minimum atomic E-state index is -2.27. The minimum Gasteiger partial charge on any atom is -0.462 e. The van der Waals surface area contributed by atoms with E-state index in [0.717, 1.165) is 28.0 Å². The molecular formula is C42H66N2O9Si. The highest BCUT2D eigenvalue weighted by Crippen LogP contribution is 2.42. The summed E-state index contributed by atoms with van der Waals surface area (Å²) in [4.78, 5) is 31.4. The molecule has 54 heavy (non-hydrogen) atoms. The first kappa shape index (κ1) is 43.7. The summed E-state index contributed by atoms with van der Waals surface area (Å²) in [7, 11) is -2.27. The lowest BCUT2D eigenvalue weighted by atomic mass is 10.00. The number of esters is 2. The molecule has 0 spiro atoms. The lowest BCUT2D eigenvalue weighted by Crippen LogP contribution is -2.47. The van der Waals surface area contributed by atoms with Gasteiger partial charge in [-0.25, -0.2) is 0 Å². The highest BCUT2D eigenvalue weighted by Gasteiger charge is 2.39. The smallest absolute Gasteiger partial charge is 0.320 e. The van der Waals surface area contributed by atoms with Gasteiger partial charge in [0.05, 0.1) is 26.3 Å². The molecule has 0 saturated heterocycles. The summed E-state index contributed by atoms with van der Waals surface area (Å²) < 4.78 is 44.1. The first-order valence-corrected chi connectivity index (χ1v) is 22.8. The van der Waals surface area contributed by atoms with Crippen molar-refractivity contribution in [3.05, 3.63) is 58.7 Å². The molecule has 2 aromatic rings. The molecule has 0 aromatic heterocycles. The predicted octanol–water partition coefficient (Wildman–Crippen LogP) is 8.66. The van der Waals surface area contributed by atoms with Crippen LogP contribution in [-0.4, -0.2) is 79.0 Å². The van der Waals surface area contributed by atoms with E-state index in [1.807, 2.05) is 111 Å². The summed E-state index contributed by atoms with van der Waals surface area (Å²) in [6.07, 6.45) is 0.661. The zero-order valence-electron chi connectivity index (χ0n) is 35.3. The van der Waals surface area contributed by atoms with E-state index in [0.29, 0.717) is 44.9 Å². The normalized spacial score (nSPS) is 21.4. The molecule has 2 aliphatic rings. The average molecular weight is 771 g/mol. The van der Waals surface area contributed by atoms with Crippen molar-refractivity contribution in [2.75, 3.05) is 26.2 Å². The van der Waals surface area contributed by atoms with Crippen LogP contribution in [0.5, 0.6) is 11.5 Å². The van der Waals surface area contributed by atoms with E-state index in [-0.39, 0.29) is 31.1 Å². The van der Waals surface area contributed by atoms with Crippen LogP contribution in [0.3, 0.4) is 0 Å². The standard InChI is InChI=1S/C42H66N2O9Si/c1-15-41(10)47-27-30-19-17-21-32(36(30)51-41)29(3)43(25-34(45)49-39(4,5)6)23-24-44(26-35(46)50-40(7,8)9)38(53-54(12,13)14)33-22-18-20-31-28-48-42(11,16-2)52-37(31)33/h17-22,29,38H,15-16,23-28H2,1-14H3. The topological polar surface area (TPSA) is 105 Å². The summed E-state index contributed by atoms with van der Waals surface area (Å²) in [5, 5.41) is 0. The number of ether oxygens (including phenoxy) is 6. The van der Waals surface area contributed by atoms with Gasteiger partial charge in [0.15, 0.2) is 8.32 Å². The van der Waals surface area contributed by atoms with Crippen molar-refractivity contribution >= 4 is 20.3 Å². The van der Waals surface area contributed by atoms with Gasteiger partial charge in [0.2, 0.25) is 11.6 Å². The first-order chi connectivity index (χ1) is 24.9. The van der Waals surface area contributed by atoms with Gasteiger partial charge < -0.3 is 32.8 Å². The number of benzene rings is 2. The molecule has 0 aliphatic carbocycles. The Bertz CT molecular complexity index is 1610. The van der Waals surface area contributed by atoms with Crippen LogP contribution >= 0.6 is 0 Å². The second-order valence-electron chi connectivity index (χ2n) is 17.8. The SMILES string of the molecule is CCC1(C)OCc2cccc(C(C)N(CCN(CC(=O)OC(C)(C)C)C(O[Si](C)(C)C)c3cccc4c3OC(C)(CC)OC4)CC(=O)OC(C)(C)C)c2O1. The van der Waals surface area contributed by atoms with Crippen molar-refractivity contribution in [2.45, 2.75) is 157 Å². The van der Waals surface area contributed by atoms with Gasteiger partial charge in [-0.15, -0.1) is 0 Å². The number of hydrogen-bond donors (Lipinski definition) is 0. The number of para-hydroxylation sites is 2. The number of rotatable bonds is 15. The largest absolute Gasteiger partial charge is 0.462 e. The summed E-state index contributed by atoms with van der Waals surface area (Å²) in [5.74, 6) is -0.818. The van der Waals surface area contributed by atoms with E-state index >= 15 is 0 Å². The Morgan fingerprint density at radius 3 is 1.61 bits per heavy atom. The van der Waals surface area contributed by atoms with Crippen LogP contribution in [0.1, 0.15) is 124 Å².